The summed E-state index contributed by atoms with van der Waals surface area (Å²) in [6, 6.07) is 7.58. The average molecular weight is 513 g/mol. The molecule has 0 bridgehead atoms. The van der Waals surface area contributed by atoms with Crippen molar-refractivity contribution in [2.24, 2.45) is 0 Å². The van der Waals surface area contributed by atoms with Crippen LogP contribution >= 0.6 is 45.8 Å². The monoisotopic (exact) mass is 512 g/mol. The zero-order chi connectivity index (χ0) is 19.3. The number of halogens is 4. The predicted molar refractivity (Wildman–Crippen MR) is 109 cm³/mol. The Balaban J connectivity index is 2.22. The van der Waals surface area contributed by atoms with Gasteiger partial charge in [0.1, 0.15) is 5.82 Å². The van der Waals surface area contributed by atoms with Crippen LogP contribution in [0.4, 0.5) is 15.8 Å². The van der Waals surface area contributed by atoms with Crippen LogP contribution in [-0.4, -0.2) is 23.7 Å². The summed E-state index contributed by atoms with van der Waals surface area (Å²) < 4.78 is 14.8. The Morgan fingerprint density at radius 1 is 1.27 bits per heavy atom. The summed E-state index contributed by atoms with van der Waals surface area (Å²) in [4.78, 5) is 17.4. The average Bonchev–Trinajstić information content (AvgIpc) is 2.56. The third kappa shape index (κ3) is 5.95. The van der Waals surface area contributed by atoms with E-state index in [4.69, 9.17) is 28.0 Å². The van der Waals surface area contributed by atoms with Crippen molar-refractivity contribution in [3.8, 4) is 0 Å². The highest BCUT2D eigenvalue weighted by Gasteiger charge is 2.17. The van der Waals surface area contributed by atoms with Crippen LogP contribution in [0.15, 0.2) is 30.3 Å². The quantitative estimate of drug-likeness (QED) is 0.280. The molecular weight excluding hydrogens is 497 g/mol. The lowest BCUT2D eigenvalue weighted by molar-refractivity contribution is 0.0187. The first-order chi connectivity index (χ1) is 12.3. The summed E-state index contributed by atoms with van der Waals surface area (Å²) in [7, 11) is 0. The van der Waals surface area contributed by atoms with E-state index in [9.17, 15) is 14.3 Å². The number of hydrogen-bond acceptors (Lipinski definition) is 4. The second kappa shape index (κ2) is 9.70. The van der Waals surface area contributed by atoms with Gasteiger partial charge in [-0.1, -0.05) is 23.2 Å². The van der Waals surface area contributed by atoms with Crippen LogP contribution in [0.25, 0.3) is 0 Å². The molecule has 2 aromatic rings. The van der Waals surface area contributed by atoms with E-state index >= 15 is 0 Å². The molecular formula is C17H16Cl2FIN2O3. The van der Waals surface area contributed by atoms with E-state index in [-0.39, 0.29) is 22.9 Å². The van der Waals surface area contributed by atoms with Gasteiger partial charge in [-0.2, -0.15) is 0 Å². The summed E-state index contributed by atoms with van der Waals surface area (Å²) in [6.07, 6.45) is -0.194. The molecule has 0 aliphatic rings. The molecule has 3 N–H and O–H groups in total. The highest BCUT2D eigenvalue weighted by Crippen LogP contribution is 2.31. The third-order valence-electron chi connectivity index (χ3n) is 3.31. The first kappa shape index (κ1) is 21.2. The second-order valence-electron chi connectivity index (χ2n) is 5.48. The van der Waals surface area contributed by atoms with Crippen LogP contribution in [0, 0.1) is 9.39 Å². The Labute approximate surface area is 173 Å². The van der Waals surface area contributed by atoms with Crippen LogP contribution in [-0.2, 0) is 4.84 Å². The van der Waals surface area contributed by atoms with Crippen molar-refractivity contribution in [3.05, 3.63) is 55.3 Å². The Morgan fingerprint density at radius 3 is 2.65 bits per heavy atom. The molecule has 1 atom stereocenters. The summed E-state index contributed by atoms with van der Waals surface area (Å²) in [6.45, 7) is 1.74. The van der Waals surface area contributed by atoms with Gasteiger partial charge in [0.15, 0.2) is 0 Å². The molecule has 2 rings (SSSR count). The number of aliphatic hydroxyl groups is 1. The fraction of sp³-hybridized carbons (Fsp3) is 0.235. The minimum absolute atomic E-state index is 0.0862. The molecule has 0 aliphatic carbocycles. The van der Waals surface area contributed by atoms with Crippen molar-refractivity contribution in [2.45, 2.75) is 19.4 Å². The zero-order valence-electron chi connectivity index (χ0n) is 13.7. The first-order valence-corrected chi connectivity index (χ1v) is 9.42. The van der Waals surface area contributed by atoms with E-state index in [0.717, 1.165) is 9.64 Å². The summed E-state index contributed by atoms with van der Waals surface area (Å²) in [5.74, 6) is -1.29. The topological polar surface area (TPSA) is 70.6 Å². The van der Waals surface area contributed by atoms with Gasteiger partial charge in [-0.05, 0) is 66.3 Å². The Kier molecular flexibility index (Phi) is 7.90. The minimum Gasteiger partial charge on any atom is -0.393 e. The van der Waals surface area contributed by atoms with Crippen molar-refractivity contribution in [2.75, 3.05) is 11.9 Å². The van der Waals surface area contributed by atoms with Gasteiger partial charge in [0.05, 0.1) is 39.7 Å². The molecule has 9 heteroatoms. The molecule has 0 fully saturated rings. The number of hydroxylamine groups is 1. The Bertz CT molecular complexity index is 806. The number of benzene rings is 2. The lowest BCUT2D eigenvalue weighted by atomic mass is 10.1. The van der Waals surface area contributed by atoms with Crippen LogP contribution < -0.4 is 10.8 Å². The fourth-order valence-corrected chi connectivity index (χ4v) is 3.04. The van der Waals surface area contributed by atoms with E-state index in [1.807, 2.05) is 6.07 Å². The smallest absolute Gasteiger partial charge is 0.277 e. The zero-order valence-corrected chi connectivity index (χ0v) is 17.3. The molecule has 0 spiro atoms. The van der Waals surface area contributed by atoms with E-state index < -0.39 is 17.8 Å². The number of carbonyl (C=O) groups excluding carboxylic acids is 1. The number of hydrogen-bond donors (Lipinski definition) is 3. The van der Waals surface area contributed by atoms with Crippen molar-refractivity contribution in [1.29, 1.82) is 0 Å². The molecule has 1 unspecified atom stereocenters. The number of nitrogens with one attached hydrogen (secondary N) is 2. The molecule has 0 aliphatic heterocycles. The minimum atomic E-state index is -0.678. The van der Waals surface area contributed by atoms with Crippen LogP contribution in [0.1, 0.15) is 23.7 Å². The number of rotatable bonds is 7. The molecule has 0 radical (unpaired) electrons. The Morgan fingerprint density at radius 2 is 2.00 bits per heavy atom. The summed E-state index contributed by atoms with van der Waals surface area (Å²) in [5, 5.41) is 12.3. The van der Waals surface area contributed by atoms with Gasteiger partial charge in [-0.3, -0.25) is 9.63 Å². The van der Waals surface area contributed by atoms with Gasteiger partial charge in [0.2, 0.25) is 0 Å². The highest BCUT2D eigenvalue weighted by atomic mass is 127. The van der Waals surface area contributed by atoms with E-state index in [2.05, 4.69) is 33.4 Å². The number of anilines is 2. The van der Waals surface area contributed by atoms with Crippen molar-refractivity contribution >= 4 is 63.1 Å². The molecule has 5 nitrogen and oxygen atoms in total. The Hall–Kier alpha value is -1.13. The number of aliphatic hydroxyl groups excluding tert-OH is 1. The number of carbonyl (C=O) groups is 1. The van der Waals surface area contributed by atoms with E-state index in [0.29, 0.717) is 17.1 Å². The standard InChI is InChI=1S/C17H16Cl2FIN2O3/c1-9(24)4-5-26-23-17(25)11-7-12(18)14(20)8-16(11)22-15-3-2-10(21)6-13(15)19/h2-3,6-9,22,24H,4-5H2,1H3,(H,23,25). The normalized spacial score (nSPS) is 11.9. The molecule has 26 heavy (non-hydrogen) atoms. The van der Waals surface area contributed by atoms with Crippen molar-refractivity contribution in [1.82, 2.24) is 5.48 Å². The van der Waals surface area contributed by atoms with Crippen molar-refractivity contribution < 1.29 is 19.1 Å². The largest absolute Gasteiger partial charge is 0.393 e. The third-order valence-corrected chi connectivity index (χ3v) is 4.58. The number of amides is 1. The lowest BCUT2D eigenvalue weighted by Gasteiger charge is -2.14. The molecule has 140 valence electrons. The first-order valence-electron chi connectivity index (χ1n) is 7.59. The van der Waals surface area contributed by atoms with E-state index in [1.54, 1.807) is 19.1 Å². The second-order valence-corrected chi connectivity index (χ2v) is 7.54. The lowest BCUT2D eigenvalue weighted by Crippen LogP contribution is -2.26. The fourth-order valence-electron chi connectivity index (χ4n) is 1.98. The molecule has 0 saturated carbocycles. The molecule has 1 amide bonds. The summed E-state index contributed by atoms with van der Waals surface area (Å²) >= 11 is 14.1. The van der Waals surface area contributed by atoms with Crippen LogP contribution in [0.3, 0.4) is 0 Å². The molecule has 0 aromatic heterocycles. The molecule has 0 heterocycles. The van der Waals surface area contributed by atoms with Gasteiger partial charge in [0.25, 0.3) is 5.91 Å². The summed E-state index contributed by atoms with van der Waals surface area (Å²) in [5.41, 5.74) is 3.03. The van der Waals surface area contributed by atoms with Gasteiger partial charge in [-0.15, -0.1) is 0 Å². The van der Waals surface area contributed by atoms with E-state index in [1.165, 1.54) is 6.07 Å². The van der Waals surface area contributed by atoms with Crippen LogP contribution in [0.5, 0.6) is 0 Å². The molecule has 0 saturated heterocycles. The van der Waals surface area contributed by atoms with Gasteiger partial charge < -0.3 is 10.4 Å². The molecule has 2 aromatic carbocycles. The maximum absolute atomic E-state index is 13.9. The SMILES string of the molecule is CC(O)CCONC(=O)c1cc(Cl)c(F)cc1Nc1ccc(I)cc1Cl. The van der Waals surface area contributed by atoms with Gasteiger partial charge in [-0.25, -0.2) is 9.87 Å². The maximum Gasteiger partial charge on any atom is 0.277 e. The van der Waals surface area contributed by atoms with Gasteiger partial charge >= 0.3 is 0 Å². The maximum atomic E-state index is 13.9. The van der Waals surface area contributed by atoms with Gasteiger partial charge in [0, 0.05) is 3.57 Å². The highest BCUT2D eigenvalue weighted by molar-refractivity contribution is 14.1. The van der Waals surface area contributed by atoms with Crippen LogP contribution in [0.2, 0.25) is 10.0 Å². The van der Waals surface area contributed by atoms with Crippen molar-refractivity contribution in [3.63, 3.8) is 0 Å². The predicted octanol–water partition coefficient (Wildman–Crippen LogP) is 4.91.